The Morgan fingerprint density at radius 1 is 1.15 bits per heavy atom. The SMILES string of the molecule is CCSc1ccc(CC(=O)Nc2ccc3c(n2)CCC(C)(c2ccc(OC)nc2)C3=O)cc1. The number of aromatic nitrogens is 2. The van der Waals surface area contributed by atoms with E-state index >= 15 is 0 Å². The molecule has 1 aliphatic rings. The van der Waals surface area contributed by atoms with Crippen LogP contribution in [0.4, 0.5) is 5.82 Å². The van der Waals surface area contributed by atoms with Crippen LogP contribution >= 0.6 is 11.8 Å². The molecule has 33 heavy (non-hydrogen) atoms. The van der Waals surface area contributed by atoms with E-state index in [9.17, 15) is 9.59 Å². The third kappa shape index (κ3) is 4.93. The molecule has 3 aromatic rings. The van der Waals surface area contributed by atoms with Crippen LogP contribution in [0.2, 0.25) is 0 Å². The van der Waals surface area contributed by atoms with Crippen molar-refractivity contribution in [3.8, 4) is 5.88 Å². The summed E-state index contributed by atoms with van der Waals surface area (Å²) in [5.41, 5.74) is 2.46. The molecule has 4 rings (SSSR count). The van der Waals surface area contributed by atoms with Crippen LogP contribution < -0.4 is 10.1 Å². The van der Waals surface area contributed by atoms with Crippen molar-refractivity contribution < 1.29 is 14.3 Å². The molecule has 2 heterocycles. The number of methoxy groups -OCH3 is 1. The summed E-state index contributed by atoms with van der Waals surface area (Å²) < 4.78 is 5.13. The van der Waals surface area contributed by atoms with Crippen LogP contribution in [0.15, 0.2) is 59.6 Å². The number of amides is 1. The first-order valence-electron chi connectivity index (χ1n) is 11.0. The first-order chi connectivity index (χ1) is 15.9. The fourth-order valence-corrected chi connectivity index (χ4v) is 4.75. The number of anilines is 1. The summed E-state index contributed by atoms with van der Waals surface area (Å²) in [5.74, 6) is 1.90. The van der Waals surface area contributed by atoms with Crippen LogP contribution in [0.5, 0.6) is 5.88 Å². The number of carbonyl (C=O) groups excluding carboxylic acids is 2. The molecule has 2 aromatic heterocycles. The molecule has 0 saturated heterocycles. The summed E-state index contributed by atoms with van der Waals surface area (Å²) in [5, 5.41) is 2.87. The van der Waals surface area contributed by atoms with Crippen molar-refractivity contribution in [1.82, 2.24) is 9.97 Å². The van der Waals surface area contributed by atoms with Crippen LogP contribution in [-0.2, 0) is 23.1 Å². The topological polar surface area (TPSA) is 81.2 Å². The van der Waals surface area contributed by atoms with Gasteiger partial charge >= 0.3 is 0 Å². The summed E-state index contributed by atoms with van der Waals surface area (Å²) in [4.78, 5) is 35.9. The van der Waals surface area contributed by atoms with Crippen LogP contribution in [0.25, 0.3) is 0 Å². The number of hydrogen-bond acceptors (Lipinski definition) is 6. The lowest BCUT2D eigenvalue weighted by atomic mass is 9.69. The number of fused-ring (bicyclic) bond motifs is 1. The van der Waals surface area contributed by atoms with Gasteiger partial charge in [-0.25, -0.2) is 9.97 Å². The molecule has 0 spiro atoms. The largest absolute Gasteiger partial charge is 0.481 e. The average Bonchev–Trinajstić information content (AvgIpc) is 2.83. The molecule has 1 aliphatic carbocycles. The second-order valence-electron chi connectivity index (χ2n) is 8.24. The number of nitrogens with one attached hydrogen (secondary N) is 1. The van der Waals surface area contributed by atoms with E-state index in [0.717, 1.165) is 22.6 Å². The number of Topliss-reactive ketones (excluding diaryl/α,β-unsaturated/α-hetero) is 1. The van der Waals surface area contributed by atoms with Gasteiger partial charge < -0.3 is 10.1 Å². The first-order valence-corrected chi connectivity index (χ1v) is 12.0. The van der Waals surface area contributed by atoms with Gasteiger partial charge in [0.05, 0.1) is 24.6 Å². The maximum Gasteiger partial charge on any atom is 0.229 e. The third-order valence-corrected chi connectivity index (χ3v) is 6.93. The van der Waals surface area contributed by atoms with Crippen molar-refractivity contribution in [2.75, 3.05) is 18.2 Å². The predicted molar refractivity (Wildman–Crippen MR) is 130 cm³/mol. The number of ether oxygens (including phenoxy) is 1. The Bertz CT molecular complexity index is 1160. The molecular weight excluding hydrogens is 434 g/mol. The standard InChI is InChI=1S/C26H27N3O3S/c1-4-33-19-8-5-17(6-9-19)15-23(30)29-22-11-10-20-21(28-22)13-14-26(2,25(20)31)18-7-12-24(32-3)27-16-18/h5-12,16H,4,13-15H2,1-3H3,(H,28,29,30). The number of benzene rings is 1. The van der Waals surface area contributed by atoms with E-state index < -0.39 is 5.41 Å². The van der Waals surface area contributed by atoms with Gasteiger partial charge in [-0.15, -0.1) is 11.8 Å². The quantitative estimate of drug-likeness (QED) is 0.506. The second-order valence-corrected chi connectivity index (χ2v) is 9.58. The zero-order valence-corrected chi connectivity index (χ0v) is 19.9. The van der Waals surface area contributed by atoms with E-state index in [1.54, 1.807) is 43.3 Å². The molecule has 6 nitrogen and oxygen atoms in total. The highest BCUT2D eigenvalue weighted by atomic mass is 32.2. The highest BCUT2D eigenvalue weighted by molar-refractivity contribution is 7.99. The fourth-order valence-electron chi connectivity index (χ4n) is 4.09. The Morgan fingerprint density at radius 3 is 2.61 bits per heavy atom. The fraction of sp³-hybridized carbons (Fsp3) is 0.308. The van der Waals surface area contributed by atoms with E-state index in [-0.39, 0.29) is 18.1 Å². The smallest absolute Gasteiger partial charge is 0.229 e. The van der Waals surface area contributed by atoms with Crippen molar-refractivity contribution in [2.45, 2.75) is 43.4 Å². The van der Waals surface area contributed by atoms with Gasteiger partial charge in [-0.2, -0.15) is 0 Å². The molecule has 0 bridgehead atoms. The molecule has 1 aromatic carbocycles. The number of pyridine rings is 2. The van der Waals surface area contributed by atoms with Gasteiger partial charge in [-0.1, -0.05) is 25.1 Å². The van der Waals surface area contributed by atoms with Gasteiger partial charge in [-0.3, -0.25) is 9.59 Å². The summed E-state index contributed by atoms with van der Waals surface area (Å²) in [6.45, 7) is 4.06. The molecule has 7 heteroatoms. The molecule has 1 N–H and O–H groups in total. The Morgan fingerprint density at radius 2 is 1.94 bits per heavy atom. The lowest BCUT2D eigenvalue weighted by Crippen LogP contribution is -2.38. The number of carbonyl (C=O) groups is 2. The lowest BCUT2D eigenvalue weighted by molar-refractivity contribution is -0.115. The van der Waals surface area contributed by atoms with E-state index in [1.165, 1.54) is 4.90 Å². The highest BCUT2D eigenvalue weighted by Crippen LogP contribution is 2.38. The van der Waals surface area contributed by atoms with Crippen molar-refractivity contribution in [3.63, 3.8) is 0 Å². The summed E-state index contributed by atoms with van der Waals surface area (Å²) in [6.07, 6.45) is 3.25. The summed E-state index contributed by atoms with van der Waals surface area (Å²) >= 11 is 1.77. The molecule has 0 saturated carbocycles. The first kappa shape index (κ1) is 23.0. The van der Waals surface area contributed by atoms with E-state index in [2.05, 4.69) is 22.2 Å². The van der Waals surface area contributed by atoms with Gasteiger partial charge in [0, 0.05) is 22.7 Å². The average molecular weight is 462 g/mol. The minimum Gasteiger partial charge on any atom is -0.481 e. The number of nitrogens with zero attached hydrogens (tertiary/aromatic N) is 2. The Balaban J connectivity index is 1.45. The lowest BCUT2D eigenvalue weighted by Gasteiger charge is -2.33. The van der Waals surface area contributed by atoms with Crippen molar-refractivity contribution in [1.29, 1.82) is 0 Å². The molecule has 1 atom stereocenters. The molecule has 0 fully saturated rings. The molecule has 1 unspecified atom stereocenters. The minimum absolute atomic E-state index is 0.0196. The van der Waals surface area contributed by atoms with E-state index in [0.29, 0.717) is 30.1 Å². The Kier molecular flexibility index (Phi) is 6.79. The van der Waals surface area contributed by atoms with Crippen LogP contribution in [-0.4, -0.2) is 34.5 Å². The maximum absolute atomic E-state index is 13.4. The Hall–Kier alpha value is -3.19. The summed E-state index contributed by atoms with van der Waals surface area (Å²) in [6, 6.07) is 15.2. The van der Waals surface area contributed by atoms with Crippen LogP contribution in [0.1, 0.15) is 47.4 Å². The number of aryl methyl sites for hydroxylation is 1. The maximum atomic E-state index is 13.4. The van der Waals surface area contributed by atoms with Crippen LogP contribution in [0.3, 0.4) is 0 Å². The van der Waals surface area contributed by atoms with Crippen molar-refractivity contribution >= 4 is 29.3 Å². The number of thioether (sulfide) groups is 1. The highest BCUT2D eigenvalue weighted by Gasteiger charge is 2.40. The molecule has 1 amide bonds. The van der Waals surface area contributed by atoms with Gasteiger partial charge in [-0.05, 0) is 60.9 Å². The number of ketones is 1. The normalized spacial score (nSPS) is 17.4. The molecule has 0 radical (unpaired) electrons. The van der Waals surface area contributed by atoms with Crippen LogP contribution in [0, 0.1) is 0 Å². The minimum atomic E-state index is -0.666. The van der Waals surface area contributed by atoms with Gasteiger partial charge in [0.15, 0.2) is 5.78 Å². The van der Waals surface area contributed by atoms with Gasteiger partial charge in [0.25, 0.3) is 0 Å². The second kappa shape index (κ2) is 9.75. The van der Waals surface area contributed by atoms with E-state index in [4.69, 9.17) is 4.74 Å². The van der Waals surface area contributed by atoms with Crippen molar-refractivity contribution in [2.24, 2.45) is 0 Å². The number of hydrogen-bond donors (Lipinski definition) is 1. The Labute approximate surface area is 198 Å². The zero-order chi connectivity index (χ0) is 23.4. The number of rotatable bonds is 7. The third-order valence-electron chi connectivity index (χ3n) is 6.03. The summed E-state index contributed by atoms with van der Waals surface area (Å²) in [7, 11) is 1.57. The monoisotopic (exact) mass is 461 g/mol. The molecule has 170 valence electrons. The molecular formula is C26H27N3O3S. The molecule has 0 aliphatic heterocycles. The van der Waals surface area contributed by atoms with Crippen molar-refractivity contribution in [3.05, 3.63) is 77.1 Å². The van der Waals surface area contributed by atoms with E-state index in [1.807, 2.05) is 37.3 Å². The van der Waals surface area contributed by atoms with Gasteiger partial charge in [0.2, 0.25) is 11.8 Å². The van der Waals surface area contributed by atoms with Gasteiger partial charge in [0.1, 0.15) is 5.82 Å². The zero-order valence-electron chi connectivity index (χ0n) is 19.1. The predicted octanol–water partition coefficient (Wildman–Crippen LogP) is 4.87.